The van der Waals surface area contributed by atoms with Crippen LogP contribution in [0, 0.1) is 5.82 Å². The molecule has 0 saturated carbocycles. The molecule has 0 saturated heterocycles. The first-order valence-corrected chi connectivity index (χ1v) is 8.37. The highest BCUT2D eigenvalue weighted by Crippen LogP contribution is 2.19. The van der Waals surface area contributed by atoms with E-state index in [9.17, 15) is 14.0 Å². The van der Waals surface area contributed by atoms with Crippen LogP contribution < -0.4 is 10.1 Å². The molecule has 1 atom stereocenters. The van der Waals surface area contributed by atoms with Crippen molar-refractivity contribution in [2.45, 2.75) is 12.5 Å². The number of halogens is 1. The minimum absolute atomic E-state index is 0.277. The predicted octanol–water partition coefficient (Wildman–Crippen LogP) is 2.59. The number of ether oxygens (including phenoxy) is 2. The van der Waals surface area contributed by atoms with Gasteiger partial charge < -0.3 is 19.8 Å². The van der Waals surface area contributed by atoms with Gasteiger partial charge in [-0.2, -0.15) is 0 Å². The maximum Gasteiger partial charge on any atom is 0.328 e. The van der Waals surface area contributed by atoms with E-state index >= 15 is 0 Å². The fourth-order valence-corrected chi connectivity index (χ4v) is 2.77. The van der Waals surface area contributed by atoms with Crippen LogP contribution in [0.1, 0.15) is 5.56 Å². The largest absolute Gasteiger partial charge is 0.484 e. The highest BCUT2D eigenvalue weighted by atomic mass is 19.1. The molecule has 0 radical (unpaired) electrons. The number of H-pyrrole nitrogens is 1. The van der Waals surface area contributed by atoms with Crippen LogP contribution >= 0.6 is 0 Å². The summed E-state index contributed by atoms with van der Waals surface area (Å²) in [6.45, 7) is -0.299. The maximum absolute atomic E-state index is 12.9. The van der Waals surface area contributed by atoms with Crippen molar-refractivity contribution in [2.75, 3.05) is 13.7 Å². The predicted molar refractivity (Wildman–Crippen MR) is 97.8 cm³/mol. The topological polar surface area (TPSA) is 80.4 Å². The van der Waals surface area contributed by atoms with Crippen LogP contribution in [0.5, 0.6) is 5.75 Å². The number of benzene rings is 2. The average molecular weight is 370 g/mol. The Kier molecular flexibility index (Phi) is 5.71. The highest BCUT2D eigenvalue weighted by Gasteiger charge is 2.23. The van der Waals surface area contributed by atoms with Gasteiger partial charge in [-0.25, -0.2) is 9.18 Å². The minimum Gasteiger partial charge on any atom is -0.484 e. The van der Waals surface area contributed by atoms with Gasteiger partial charge in [-0.05, 0) is 35.9 Å². The van der Waals surface area contributed by atoms with Gasteiger partial charge >= 0.3 is 5.97 Å². The number of hydrogen-bond donors (Lipinski definition) is 2. The summed E-state index contributed by atoms with van der Waals surface area (Å²) in [5.41, 5.74) is 1.84. The molecule has 0 aliphatic heterocycles. The van der Waals surface area contributed by atoms with Crippen LogP contribution in [0.25, 0.3) is 10.9 Å². The van der Waals surface area contributed by atoms with Crippen LogP contribution in [-0.2, 0) is 20.7 Å². The molecule has 1 unspecified atom stereocenters. The molecule has 6 nitrogen and oxygen atoms in total. The van der Waals surface area contributed by atoms with Crippen molar-refractivity contribution in [2.24, 2.45) is 0 Å². The van der Waals surface area contributed by atoms with Crippen molar-refractivity contribution in [3.05, 3.63) is 66.1 Å². The summed E-state index contributed by atoms with van der Waals surface area (Å²) in [4.78, 5) is 27.4. The number of aromatic amines is 1. The van der Waals surface area contributed by atoms with Gasteiger partial charge in [-0.15, -0.1) is 0 Å². The van der Waals surface area contributed by atoms with Crippen LogP contribution in [0.3, 0.4) is 0 Å². The van der Waals surface area contributed by atoms with Crippen LogP contribution in [-0.4, -0.2) is 36.6 Å². The number of amides is 1. The summed E-state index contributed by atoms with van der Waals surface area (Å²) in [6, 6.07) is 12.2. The molecule has 0 bridgehead atoms. The third kappa shape index (κ3) is 4.63. The Labute approximate surface area is 155 Å². The SMILES string of the molecule is COC(=O)C(Cc1c[nH]c2ccccc12)NC(=O)COc1ccc(F)cc1. The molecule has 0 aliphatic carbocycles. The quantitative estimate of drug-likeness (QED) is 0.627. The molecule has 1 heterocycles. The zero-order valence-electron chi connectivity index (χ0n) is 14.7. The molecule has 7 heteroatoms. The monoisotopic (exact) mass is 370 g/mol. The van der Waals surface area contributed by atoms with E-state index < -0.39 is 23.7 Å². The molecule has 0 aliphatic rings. The van der Waals surface area contributed by atoms with Crippen LogP contribution in [0.4, 0.5) is 4.39 Å². The molecule has 27 heavy (non-hydrogen) atoms. The van der Waals surface area contributed by atoms with E-state index in [-0.39, 0.29) is 13.0 Å². The summed E-state index contributed by atoms with van der Waals surface area (Å²) >= 11 is 0. The number of hydrogen-bond acceptors (Lipinski definition) is 4. The van der Waals surface area contributed by atoms with Gasteiger partial charge in [0.1, 0.15) is 17.6 Å². The molecule has 0 spiro atoms. The fraction of sp³-hybridized carbons (Fsp3) is 0.200. The summed E-state index contributed by atoms with van der Waals surface area (Å²) in [5.74, 6) is -1.06. The van der Waals surface area contributed by atoms with Crippen molar-refractivity contribution in [1.29, 1.82) is 0 Å². The van der Waals surface area contributed by atoms with Crippen molar-refractivity contribution in [3.63, 3.8) is 0 Å². The Hall–Kier alpha value is -3.35. The number of carbonyl (C=O) groups is 2. The highest BCUT2D eigenvalue weighted by molar-refractivity contribution is 5.87. The average Bonchev–Trinajstić information content (AvgIpc) is 3.09. The van der Waals surface area contributed by atoms with Gasteiger partial charge in [0.25, 0.3) is 5.91 Å². The van der Waals surface area contributed by atoms with Crippen LogP contribution in [0.15, 0.2) is 54.7 Å². The number of carbonyl (C=O) groups excluding carboxylic acids is 2. The lowest BCUT2D eigenvalue weighted by atomic mass is 10.0. The molecular weight excluding hydrogens is 351 g/mol. The van der Waals surface area contributed by atoms with E-state index in [1.54, 1.807) is 0 Å². The van der Waals surface area contributed by atoms with Gasteiger partial charge in [0, 0.05) is 23.5 Å². The Morgan fingerprint density at radius 2 is 1.89 bits per heavy atom. The molecule has 2 aromatic carbocycles. The molecular formula is C20H19FN2O4. The van der Waals surface area contributed by atoms with Crippen molar-refractivity contribution >= 4 is 22.8 Å². The molecule has 3 rings (SSSR count). The van der Waals surface area contributed by atoms with E-state index in [1.165, 1.54) is 31.4 Å². The van der Waals surface area contributed by atoms with Gasteiger partial charge in [0.15, 0.2) is 6.61 Å². The second kappa shape index (κ2) is 8.35. The first kappa shape index (κ1) is 18.4. The summed E-state index contributed by atoms with van der Waals surface area (Å²) < 4.78 is 23.0. The fourth-order valence-electron chi connectivity index (χ4n) is 2.77. The molecule has 140 valence electrons. The Morgan fingerprint density at radius 3 is 2.63 bits per heavy atom. The van der Waals surface area contributed by atoms with Crippen LogP contribution in [0.2, 0.25) is 0 Å². The van der Waals surface area contributed by atoms with E-state index in [0.29, 0.717) is 5.75 Å². The Bertz CT molecular complexity index is 937. The standard InChI is InChI=1S/C20H19FN2O4/c1-26-20(25)18(10-13-11-22-17-5-3-2-4-16(13)17)23-19(24)12-27-15-8-6-14(21)7-9-15/h2-9,11,18,22H,10,12H2,1H3,(H,23,24). The Morgan fingerprint density at radius 1 is 1.15 bits per heavy atom. The molecule has 3 aromatic rings. The number of fused-ring (bicyclic) bond motifs is 1. The molecule has 0 fully saturated rings. The lowest BCUT2D eigenvalue weighted by Gasteiger charge is -2.16. The molecule has 1 amide bonds. The molecule has 1 aromatic heterocycles. The molecule has 2 N–H and O–H groups in total. The number of methoxy groups -OCH3 is 1. The number of nitrogens with one attached hydrogen (secondary N) is 2. The second-order valence-electron chi connectivity index (χ2n) is 5.95. The first-order valence-electron chi connectivity index (χ1n) is 8.37. The number of esters is 1. The van der Waals surface area contributed by atoms with Gasteiger partial charge in [0.2, 0.25) is 0 Å². The van der Waals surface area contributed by atoms with E-state index in [2.05, 4.69) is 10.3 Å². The van der Waals surface area contributed by atoms with Gasteiger partial charge in [0.05, 0.1) is 7.11 Å². The smallest absolute Gasteiger partial charge is 0.328 e. The zero-order valence-corrected chi connectivity index (χ0v) is 14.7. The Balaban J connectivity index is 1.65. The second-order valence-corrected chi connectivity index (χ2v) is 5.95. The summed E-state index contributed by atoms with van der Waals surface area (Å²) in [6.07, 6.45) is 2.08. The normalized spacial score (nSPS) is 11.8. The third-order valence-corrected chi connectivity index (χ3v) is 4.10. The first-order chi connectivity index (χ1) is 13.1. The maximum atomic E-state index is 12.9. The van der Waals surface area contributed by atoms with Crippen molar-refractivity contribution < 1.29 is 23.5 Å². The zero-order chi connectivity index (χ0) is 19.2. The number of para-hydroxylation sites is 1. The lowest BCUT2D eigenvalue weighted by Crippen LogP contribution is -2.44. The number of rotatable bonds is 7. The lowest BCUT2D eigenvalue weighted by molar-refractivity contribution is -0.145. The van der Waals surface area contributed by atoms with Gasteiger partial charge in [-0.3, -0.25) is 4.79 Å². The summed E-state index contributed by atoms with van der Waals surface area (Å²) in [7, 11) is 1.27. The minimum atomic E-state index is -0.849. The van der Waals surface area contributed by atoms with E-state index in [0.717, 1.165) is 16.5 Å². The van der Waals surface area contributed by atoms with E-state index in [4.69, 9.17) is 9.47 Å². The van der Waals surface area contributed by atoms with Crippen molar-refractivity contribution in [1.82, 2.24) is 10.3 Å². The van der Waals surface area contributed by atoms with Crippen molar-refractivity contribution in [3.8, 4) is 5.75 Å². The summed E-state index contributed by atoms with van der Waals surface area (Å²) in [5, 5.41) is 3.60. The van der Waals surface area contributed by atoms with Gasteiger partial charge in [-0.1, -0.05) is 18.2 Å². The third-order valence-electron chi connectivity index (χ3n) is 4.10. The van der Waals surface area contributed by atoms with E-state index in [1.807, 2.05) is 30.5 Å². The number of aromatic nitrogens is 1.